The van der Waals surface area contributed by atoms with Gasteiger partial charge in [0, 0.05) is 11.6 Å². The Morgan fingerprint density at radius 1 is 1.29 bits per heavy atom. The van der Waals surface area contributed by atoms with Crippen molar-refractivity contribution in [3.05, 3.63) is 0 Å². The Kier molecular flexibility index (Phi) is 3.85. The van der Waals surface area contributed by atoms with E-state index in [1.165, 1.54) is 25.7 Å². The molecule has 0 aromatic carbocycles. The predicted molar refractivity (Wildman–Crippen MR) is 69.6 cm³/mol. The minimum Gasteiger partial charge on any atom is -0.273 e. The third kappa shape index (κ3) is 3.08. The molecule has 0 spiro atoms. The van der Waals surface area contributed by atoms with Crippen molar-refractivity contribution in [1.29, 1.82) is 0 Å². The van der Waals surface area contributed by atoms with Gasteiger partial charge in [0.25, 0.3) is 0 Å². The van der Waals surface area contributed by atoms with Crippen LogP contribution in [0.4, 0.5) is 0 Å². The lowest BCUT2D eigenvalue weighted by atomic mass is 10.0. The van der Waals surface area contributed by atoms with Crippen molar-refractivity contribution in [3.8, 4) is 0 Å². The first-order valence-corrected chi connectivity index (χ1v) is 6.92. The highest BCUT2D eigenvalue weighted by atomic mass is 16.2. The number of nitrogens with zero attached hydrogens (tertiary/aromatic N) is 1. The Hall–Kier alpha value is -0.860. The van der Waals surface area contributed by atoms with E-state index in [4.69, 9.17) is 0 Å². The molecule has 0 aromatic heterocycles. The highest BCUT2D eigenvalue weighted by molar-refractivity contribution is 5.86. The number of carbonyl (C=O) groups excluding carboxylic acids is 1. The van der Waals surface area contributed by atoms with Gasteiger partial charge in [-0.3, -0.25) is 4.79 Å². The molecule has 0 aromatic rings. The number of nitrogens with one attached hydrogen (secondary N) is 1. The van der Waals surface area contributed by atoms with Gasteiger partial charge in [-0.2, -0.15) is 5.10 Å². The van der Waals surface area contributed by atoms with E-state index in [1.54, 1.807) is 0 Å². The zero-order valence-corrected chi connectivity index (χ0v) is 11.2. The molecule has 17 heavy (non-hydrogen) atoms. The summed E-state index contributed by atoms with van der Waals surface area (Å²) < 4.78 is 0. The topological polar surface area (TPSA) is 41.5 Å². The summed E-state index contributed by atoms with van der Waals surface area (Å²) in [4.78, 5) is 11.9. The summed E-state index contributed by atoms with van der Waals surface area (Å²) in [5.74, 6) is 2.37. The number of hydrogen-bond acceptors (Lipinski definition) is 2. The highest BCUT2D eigenvalue weighted by Gasteiger charge is 2.54. The fraction of sp³-hybridized carbons (Fsp3) is 0.857. The second-order valence-electron chi connectivity index (χ2n) is 6.06. The molecule has 0 radical (unpaired) electrons. The molecule has 0 saturated heterocycles. The Morgan fingerprint density at radius 2 is 1.88 bits per heavy atom. The molecule has 0 heterocycles. The third-order valence-corrected chi connectivity index (χ3v) is 4.02. The van der Waals surface area contributed by atoms with Crippen LogP contribution in [-0.2, 0) is 4.79 Å². The summed E-state index contributed by atoms with van der Waals surface area (Å²) >= 11 is 0. The average molecular weight is 236 g/mol. The van der Waals surface area contributed by atoms with Crippen molar-refractivity contribution < 1.29 is 4.79 Å². The van der Waals surface area contributed by atoms with Gasteiger partial charge >= 0.3 is 0 Å². The number of hydrazone groups is 1. The Balaban J connectivity index is 1.78. The van der Waals surface area contributed by atoms with E-state index < -0.39 is 0 Å². The van der Waals surface area contributed by atoms with Crippen molar-refractivity contribution >= 4 is 11.6 Å². The molecule has 2 atom stereocenters. The predicted octanol–water partition coefficient (Wildman–Crippen LogP) is 2.96. The smallest absolute Gasteiger partial charge is 0.243 e. The first-order valence-electron chi connectivity index (χ1n) is 6.92. The lowest BCUT2D eigenvalue weighted by Crippen LogP contribution is -2.22. The largest absolute Gasteiger partial charge is 0.273 e. The first kappa shape index (κ1) is 12.6. The number of carbonyl (C=O) groups is 1. The van der Waals surface area contributed by atoms with Gasteiger partial charge in [-0.15, -0.1) is 0 Å². The minimum atomic E-state index is 0.157. The molecular weight excluding hydrogens is 212 g/mol. The summed E-state index contributed by atoms with van der Waals surface area (Å²) in [6, 6.07) is 0. The van der Waals surface area contributed by atoms with Gasteiger partial charge < -0.3 is 0 Å². The summed E-state index contributed by atoms with van der Waals surface area (Å²) in [5.41, 5.74) is 3.78. The maximum absolute atomic E-state index is 11.9. The van der Waals surface area contributed by atoms with Crippen LogP contribution in [0.2, 0.25) is 0 Å². The standard InChI is InChI=1S/C14H24N2O/c1-9(2)8-10(3)15-16-14(17)13-11-6-4-5-7-12(11)13/h9,11-13H,4-8H2,1-3H3,(H,16,17)/b15-10-/t11-,12-/m1/s1. The third-order valence-electron chi connectivity index (χ3n) is 4.02. The van der Waals surface area contributed by atoms with Crippen LogP contribution in [-0.4, -0.2) is 11.6 Å². The number of hydrogen-bond donors (Lipinski definition) is 1. The Labute approximate surface area is 104 Å². The van der Waals surface area contributed by atoms with E-state index in [2.05, 4.69) is 24.4 Å². The second-order valence-corrected chi connectivity index (χ2v) is 6.06. The minimum absolute atomic E-state index is 0.157. The van der Waals surface area contributed by atoms with E-state index in [-0.39, 0.29) is 11.8 Å². The molecule has 2 aliphatic rings. The molecule has 2 aliphatic carbocycles. The molecule has 0 aliphatic heterocycles. The van der Waals surface area contributed by atoms with Gasteiger partial charge in [0.2, 0.25) is 5.91 Å². The van der Waals surface area contributed by atoms with Gasteiger partial charge in [0.05, 0.1) is 0 Å². The van der Waals surface area contributed by atoms with Crippen molar-refractivity contribution in [2.75, 3.05) is 0 Å². The van der Waals surface area contributed by atoms with E-state index in [0.717, 1.165) is 12.1 Å². The number of amides is 1. The molecule has 2 fully saturated rings. The summed E-state index contributed by atoms with van der Waals surface area (Å²) in [6.07, 6.45) is 6.06. The van der Waals surface area contributed by atoms with Crippen LogP contribution in [0.3, 0.4) is 0 Å². The molecule has 96 valence electrons. The van der Waals surface area contributed by atoms with Gasteiger partial charge in [0.1, 0.15) is 0 Å². The zero-order valence-electron chi connectivity index (χ0n) is 11.2. The molecule has 0 bridgehead atoms. The normalized spacial score (nSPS) is 32.2. The van der Waals surface area contributed by atoms with Crippen LogP contribution in [0.25, 0.3) is 0 Å². The maximum Gasteiger partial charge on any atom is 0.243 e. The van der Waals surface area contributed by atoms with Crippen molar-refractivity contribution in [3.63, 3.8) is 0 Å². The van der Waals surface area contributed by atoms with Gasteiger partial charge in [0.15, 0.2) is 0 Å². The van der Waals surface area contributed by atoms with Gasteiger partial charge in [-0.25, -0.2) is 5.43 Å². The lowest BCUT2D eigenvalue weighted by molar-refractivity contribution is -0.122. The fourth-order valence-corrected chi connectivity index (χ4v) is 3.24. The van der Waals surface area contributed by atoms with Crippen LogP contribution >= 0.6 is 0 Å². The molecule has 0 unspecified atom stereocenters. The van der Waals surface area contributed by atoms with Crippen LogP contribution in [0.15, 0.2) is 5.10 Å². The zero-order chi connectivity index (χ0) is 12.4. The van der Waals surface area contributed by atoms with Crippen LogP contribution in [0.1, 0.15) is 52.9 Å². The van der Waals surface area contributed by atoms with Crippen LogP contribution in [0.5, 0.6) is 0 Å². The quantitative estimate of drug-likeness (QED) is 0.591. The molecule has 3 nitrogen and oxygen atoms in total. The van der Waals surface area contributed by atoms with Crippen molar-refractivity contribution in [2.45, 2.75) is 52.9 Å². The van der Waals surface area contributed by atoms with Crippen LogP contribution in [0, 0.1) is 23.7 Å². The van der Waals surface area contributed by atoms with Gasteiger partial charge in [-0.1, -0.05) is 26.7 Å². The van der Waals surface area contributed by atoms with Crippen molar-refractivity contribution in [1.82, 2.24) is 5.43 Å². The summed E-state index contributed by atoms with van der Waals surface area (Å²) in [6.45, 7) is 6.31. The molecule has 1 N–H and O–H groups in total. The molecule has 2 saturated carbocycles. The SMILES string of the molecule is C/C(CC(C)C)=N/NC(=O)C1[C@@H]2CCCC[C@@H]12. The molecular formula is C14H24N2O. The molecule has 1 amide bonds. The van der Waals surface area contributed by atoms with Gasteiger partial charge in [-0.05, 0) is 43.9 Å². The number of fused-ring (bicyclic) bond motifs is 1. The number of rotatable bonds is 4. The van der Waals surface area contributed by atoms with Crippen molar-refractivity contribution in [2.24, 2.45) is 28.8 Å². The van der Waals surface area contributed by atoms with E-state index >= 15 is 0 Å². The lowest BCUT2D eigenvalue weighted by Gasteiger charge is -2.04. The van der Waals surface area contributed by atoms with E-state index in [9.17, 15) is 4.79 Å². The summed E-state index contributed by atoms with van der Waals surface area (Å²) in [5, 5.41) is 4.20. The monoisotopic (exact) mass is 236 g/mol. The first-order chi connectivity index (χ1) is 8.09. The Morgan fingerprint density at radius 3 is 2.41 bits per heavy atom. The maximum atomic E-state index is 11.9. The van der Waals surface area contributed by atoms with E-state index in [1.807, 2.05) is 6.92 Å². The van der Waals surface area contributed by atoms with Crippen LogP contribution < -0.4 is 5.43 Å². The molecule has 2 rings (SSSR count). The summed E-state index contributed by atoms with van der Waals surface area (Å²) in [7, 11) is 0. The Bertz CT molecular complexity index is 310. The van der Waals surface area contributed by atoms with E-state index in [0.29, 0.717) is 17.8 Å². The molecule has 3 heteroatoms. The highest BCUT2D eigenvalue weighted by Crippen LogP contribution is 2.55. The average Bonchev–Trinajstić information content (AvgIpc) is 2.99. The second kappa shape index (κ2) is 5.19. The fourth-order valence-electron chi connectivity index (χ4n) is 3.24.